The molecule has 0 bridgehead atoms. The van der Waals surface area contributed by atoms with E-state index in [1.54, 1.807) is 13.1 Å². The minimum atomic E-state index is -0.408. The highest BCUT2D eigenvalue weighted by Crippen LogP contribution is 2.14. The van der Waals surface area contributed by atoms with Gasteiger partial charge in [-0.3, -0.25) is 14.2 Å². The fourth-order valence-electron chi connectivity index (χ4n) is 2.21. The lowest BCUT2D eigenvalue weighted by Crippen LogP contribution is -2.27. The van der Waals surface area contributed by atoms with Gasteiger partial charge in [0, 0.05) is 19.7 Å². The fourth-order valence-corrected chi connectivity index (χ4v) is 2.21. The highest BCUT2D eigenvalue weighted by atomic mass is 16.4. The number of nitrogens with one attached hydrogen (secondary N) is 2. The Morgan fingerprint density at radius 1 is 1.30 bits per heavy atom. The first-order valence-electron chi connectivity index (χ1n) is 6.97. The Labute approximate surface area is 129 Å². The van der Waals surface area contributed by atoms with Crippen molar-refractivity contribution in [1.29, 1.82) is 0 Å². The number of amides is 1. The Bertz CT molecular complexity index is 963. The quantitative estimate of drug-likeness (QED) is 0.714. The lowest BCUT2D eigenvalue weighted by atomic mass is 10.1. The minimum absolute atomic E-state index is 0.150. The molecule has 0 atom stereocenters. The van der Waals surface area contributed by atoms with Crippen molar-refractivity contribution in [2.24, 2.45) is 7.05 Å². The van der Waals surface area contributed by atoms with E-state index in [1.165, 1.54) is 16.7 Å². The fraction of sp³-hybridized carbons (Fsp3) is 0.200. The summed E-state index contributed by atoms with van der Waals surface area (Å²) in [6.07, 6.45) is 0.588. The van der Waals surface area contributed by atoms with Gasteiger partial charge in [0.05, 0.1) is 5.52 Å². The smallest absolute Gasteiger partial charge is 0.408 e. The number of nitrogens with zero attached hydrogens (tertiary/aromatic N) is 2. The third-order valence-corrected chi connectivity index (χ3v) is 3.47. The van der Waals surface area contributed by atoms with Crippen molar-refractivity contribution in [3.63, 3.8) is 0 Å². The first-order valence-corrected chi connectivity index (χ1v) is 6.97. The van der Waals surface area contributed by atoms with E-state index in [9.17, 15) is 14.4 Å². The van der Waals surface area contributed by atoms with Crippen molar-refractivity contribution in [3.8, 4) is 0 Å². The van der Waals surface area contributed by atoms with E-state index in [-0.39, 0.29) is 17.2 Å². The molecule has 2 heterocycles. The molecule has 2 aromatic heterocycles. The van der Waals surface area contributed by atoms with Gasteiger partial charge >= 0.3 is 5.76 Å². The lowest BCUT2D eigenvalue weighted by molar-refractivity contribution is 0.0948. The molecule has 3 aromatic rings. The second kappa shape index (κ2) is 5.91. The SMILES string of the molecule is Cn1c(=O)oc2ccc(CCNC(=O)c3ccc(=O)[nH]n3)cc21. The van der Waals surface area contributed by atoms with Crippen LogP contribution >= 0.6 is 0 Å². The Morgan fingerprint density at radius 2 is 2.13 bits per heavy atom. The number of carbonyl (C=O) groups excluding carboxylic acids is 1. The zero-order valence-electron chi connectivity index (χ0n) is 12.3. The molecule has 0 saturated carbocycles. The number of aromatic nitrogens is 3. The molecule has 0 saturated heterocycles. The molecule has 23 heavy (non-hydrogen) atoms. The highest BCUT2D eigenvalue weighted by Gasteiger charge is 2.08. The van der Waals surface area contributed by atoms with Crippen LogP contribution in [-0.4, -0.2) is 27.2 Å². The van der Waals surface area contributed by atoms with Gasteiger partial charge in [0.2, 0.25) is 0 Å². The third-order valence-electron chi connectivity index (χ3n) is 3.47. The first kappa shape index (κ1) is 14.8. The second-order valence-corrected chi connectivity index (χ2v) is 5.04. The zero-order chi connectivity index (χ0) is 16.4. The highest BCUT2D eigenvalue weighted by molar-refractivity contribution is 5.91. The standard InChI is InChI=1S/C15H14N4O4/c1-19-11-8-9(2-4-12(11)23-15(19)22)6-7-16-14(21)10-3-5-13(20)18-17-10/h2-5,8H,6-7H2,1H3,(H,16,21)(H,18,20). The molecule has 8 nitrogen and oxygen atoms in total. The van der Waals surface area contributed by atoms with E-state index in [0.29, 0.717) is 24.1 Å². The van der Waals surface area contributed by atoms with Gasteiger partial charge in [-0.15, -0.1) is 0 Å². The van der Waals surface area contributed by atoms with Crippen molar-refractivity contribution >= 4 is 17.0 Å². The van der Waals surface area contributed by atoms with Crippen molar-refractivity contribution < 1.29 is 9.21 Å². The summed E-state index contributed by atoms with van der Waals surface area (Å²) >= 11 is 0. The molecule has 0 spiro atoms. The van der Waals surface area contributed by atoms with Crippen LogP contribution in [0.1, 0.15) is 16.1 Å². The monoisotopic (exact) mass is 314 g/mol. The van der Waals surface area contributed by atoms with Gasteiger partial charge in [-0.05, 0) is 30.2 Å². The predicted octanol–water partition coefficient (Wildman–Crippen LogP) is 0.187. The number of carbonyl (C=O) groups is 1. The predicted molar refractivity (Wildman–Crippen MR) is 82.3 cm³/mol. The number of aryl methyl sites for hydroxylation is 1. The molecule has 0 aliphatic carbocycles. The van der Waals surface area contributed by atoms with E-state index in [4.69, 9.17) is 4.42 Å². The Morgan fingerprint density at radius 3 is 2.87 bits per heavy atom. The Balaban J connectivity index is 1.65. The van der Waals surface area contributed by atoms with Crippen LogP contribution in [0.4, 0.5) is 0 Å². The first-order chi connectivity index (χ1) is 11.0. The molecule has 1 aromatic carbocycles. The number of hydrogen-bond acceptors (Lipinski definition) is 5. The normalized spacial score (nSPS) is 10.8. The van der Waals surface area contributed by atoms with Crippen LogP contribution < -0.4 is 16.6 Å². The molecule has 0 aliphatic rings. The summed E-state index contributed by atoms with van der Waals surface area (Å²) in [6, 6.07) is 8.04. The summed E-state index contributed by atoms with van der Waals surface area (Å²) < 4.78 is 6.50. The van der Waals surface area contributed by atoms with Crippen LogP contribution in [0.15, 0.2) is 44.3 Å². The number of rotatable bonds is 4. The molecular formula is C15H14N4O4. The number of aromatic amines is 1. The average molecular weight is 314 g/mol. The second-order valence-electron chi connectivity index (χ2n) is 5.04. The van der Waals surface area contributed by atoms with E-state index in [0.717, 1.165) is 5.56 Å². The van der Waals surface area contributed by atoms with Crippen molar-refractivity contribution in [3.05, 3.63) is 62.5 Å². The number of benzene rings is 1. The van der Waals surface area contributed by atoms with Gasteiger partial charge in [-0.25, -0.2) is 9.89 Å². The van der Waals surface area contributed by atoms with Gasteiger partial charge in [0.15, 0.2) is 5.58 Å². The average Bonchev–Trinajstić information content (AvgIpc) is 2.83. The Hall–Kier alpha value is -3.16. The molecule has 0 aliphatic heterocycles. The van der Waals surface area contributed by atoms with E-state index in [2.05, 4.69) is 15.5 Å². The topological polar surface area (TPSA) is 110 Å². The van der Waals surface area contributed by atoms with Gasteiger partial charge in [-0.2, -0.15) is 5.10 Å². The van der Waals surface area contributed by atoms with Gasteiger partial charge < -0.3 is 9.73 Å². The van der Waals surface area contributed by atoms with Crippen LogP contribution in [0.25, 0.3) is 11.1 Å². The van der Waals surface area contributed by atoms with Crippen LogP contribution in [0, 0.1) is 0 Å². The van der Waals surface area contributed by atoms with Crippen molar-refractivity contribution in [2.45, 2.75) is 6.42 Å². The molecule has 8 heteroatoms. The molecule has 3 rings (SSSR count). The number of oxazole rings is 1. The maximum absolute atomic E-state index is 11.9. The van der Waals surface area contributed by atoms with Gasteiger partial charge in [0.1, 0.15) is 5.69 Å². The van der Waals surface area contributed by atoms with E-state index >= 15 is 0 Å². The molecule has 118 valence electrons. The largest absolute Gasteiger partial charge is 0.419 e. The molecular weight excluding hydrogens is 300 g/mol. The van der Waals surface area contributed by atoms with Crippen LogP contribution in [-0.2, 0) is 13.5 Å². The molecule has 2 N–H and O–H groups in total. The van der Waals surface area contributed by atoms with E-state index in [1.807, 2.05) is 12.1 Å². The van der Waals surface area contributed by atoms with Crippen molar-refractivity contribution in [1.82, 2.24) is 20.1 Å². The van der Waals surface area contributed by atoms with Gasteiger partial charge in [0.25, 0.3) is 11.5 Å². The van der Waals surface area contributed by atoms with E-state index < -0.39 is 5.76 Å². The van der Waals surface area contributed by atoms with Crippen LogP contribution in [0.2, 0.25) is 0 Å². The lowest BCUT2D eigenvalue weighted by Gasteiger charge is -2.05. The third kappa shape index (κ3) is 3.05. The number of H-pyrrole nitrogens is 1. The zero-order valence-corrected chi connectivity index (χ0v) is 12.3. The number of hydrogen-bond donors (Lipinski definition) is 2. The summed E-state index contributed by atoms with van der Waals surface area (Å²) in [7, 11) is 1.64. The maximum Gasteiger partial charge on any atom is 0.419 e. The Kier molecular flexibility index (Phi) is 3.80. The molecule has 1 amide bonds. The summed E-state index contributed by atoms with van der Waals surface area (Å²) in [5.41, 5.74) is 1.99. The molecule has 0 radical (unpaired) electrons. The van der Waals surface area contributed by atoms with Crippen LogP contribution in [0.5, 0.6) is 0 Å². The molecule has 0 fully saturated rings. The van der Waals surface area contributed by atoms with Crippen LogP contribution in [0.3, 0.4) is 0 Å². The molecule has 0 unspecified atom stereocenters. The minimum Gasteiger partial charge on any atom is -0.408 e. The maximum atomic E-state index is 11.9. The van der Waals surface area contributed by atoms with Crippen molar-refractivity contribution in [2.75, 3.05) is 6.54 Å². The number of fused-ring (bicyclic) bond motifs is 1. The summed E-state index contributed by atoms with van der Waals surface area (Å²) in [4.78, 5) is 34.2. The summed E-state index contributed by atoms with van der Waals surface area (Å²) in [6.45, 7) is 0.400. The van der Waals surface area contributed by atoms with Gasteiger partial charge in [-0.1, -0.05) is 6.07 Å². The summed E-state index contributed by atoms with van der Waals surface area (Å²) in [5, 5.41) is 8.59. The summed E-state index contributed by atoms with van der Waals surface area (Å²) in [5.74, 6) is -0.771.